The summed E-state index contributed by atoms with van der Waals surface area (Å²) in [5.41, 5.74) is 3.45. The highest BCUT2D eigenvalue weighted by Gasteiger charge is 2.24. The Kier molecular flexibility index (Phi) is 4.87. The number of nitrogens with zero attached hydrogens (tertiary/aromatic N) is 1. The van der Waals surface area contributed by atoms with Crippen molar-refractivity contribution in [3.63, 3.8) is 0 Å². The smallest absolute Gasteiger partial charge is 0.132 e. The molecule has 3 aromatic heterocycles. The van der Waals surface area contributed by atoms with E-state index < -0.39 is 11.9 Å². The highest BCUT2D eigenvalue weighted by Crippen LogP contribution is 2.44. The van der Waals surface area contributed by atoms with Gasteiger partial charge < -0.3 is 5.11 Å². The standard InChI is InChI=1S/C20H13ClFNOS2/c21-14-3-4-15(17(22)8-14)16-11-26-20(13-5-7-25-10-13)18(16)19(24)12-2-1-6-23-9-12/h1-11,19,24H. The molecule has 0 aliphatic heterocycles. The molecular weight excluding hydrogens is 389 g/mol. The molecule has 4 rings (SSSR count). The van der Waals surface area contributed by atoms with Gasteiger partial charge in [0.05, 0.1) is 0 Å². The van der Waals surface area contributed by atoms with E-state index in [1.807, 2.05) is 28.3 Å². The molecule has 0 amide bonds. The maximum atomic E-state index is 14.6. The summed E-state index contributed by atoms with van der Waals surface area (Å²) in [5.74, 6) is -0.410. The summed E-state index contributed by atoms with van der Waals surface area (Å²) >= 11 is 8.97. The van der Waals surface area contributed by atoms with Gasteiger partial charge in [0.1, 0.15) is 11.9 Å². The SMILES string of the molecule is OC(c1cccnc1)c1c(-c2ccc(Cl)cc2F)csc1-c1ccsc1. The van der Waals surface area contributed by atoms with Crippen LogP contribution in [0.3, 0.4) is 0 Å². The fraction of sp³-hybridized carbons (Fsp3) is 0.0500. The van der Waals surface area contributed by atoms with Gasteiger partial charge in [-0.1, -0.05) is 17.7 Å². The van der Waals surface area contributed by atoms with Crippen molar-refractivity contribution < 1.29 is 9.50 Å². The second-order valence-electron chi connectivity index (χ2n) is 5.72. The first-order valence-corrected chi connectivity index (χ1v) is 10.0. The number of rotatable bonds is 4. The van der Waals surface area contributed by atoms with Gasteiger partial charge in [-0.05, 0) is 46.5 Å². The average Bonchev–Trinajstić information content (AvgIpc) is 3.31. The summed E-state index contributed by atoms with van der Waals surface area (Å²) < 4.78 is 14.6. The molecule has 1 aromatic carbocycles. The molecule has 0 aliphatic carbocycles. The van der Waals surface area contributed by atoms with Crippen LogP contribution in [0, 0.1) is 5.82 Å². The lowest BCUT2D eigenvalue weighted by molar-refractivity contribution is 0.221. The van der Waals surface area contributed by atoms with Gasteiger partial charge >= 0.3 is 0 Å². The van der Waals surface area contributed by atoms with Crippen molar-refractivity contribution in [2.75, 3.05) is 0 Å². The quantitative estimate of drug-likeness (QED) is 0.428. The predicted molar refractivity (Wildman–Crippen MR) is 106 cm³/mol. The van der Waals surface area contributed by atoms with Crippen LogP contribution in [0.1, 0.15) is 17.2 Å². The van der Waals surface area contributed by atoms with Crippen LogP contribution >= 0.6 is 34.3 Å². The van der Waals surface area contributed by atoms with E-state index in [-0.39, 0.29) is 0 Å². The molecule has 26 heavy (non-hydrogen) atoms. The van der Waals surface area contributed by atoms with E-state index in [0.717, 1.165) is 10.4 Å². The van der Waals surface area contributed by atoms with Crippen LogP contribution in [0.15, 0.2) is 64.9 Å². The lowest BCUT2D eigenvalue weighted by atomic mass is 9.94. The Hall–Kier alpha value is -2.05. The third-order valence-corrected chi connectivity index (χ3v) is 6.07. The number of aliphatic hydroxyl groups excluding tert-OH is 1. The first kappa shape index (κ1) is 17.4. The minimum Gasteiger partial charge on any atom is -0.384 e. The molecule has 0 fully saturated rings. The zero-order chi connectivity index (χ0) is 18.1. The Morgan fingerprint density at radius 3 is 2.69 bits per heavy atom. The van der Waals surface area contributed by atoms with Crippen molar-refractivity contribution in [3.05, 3.63) is 86.9 Å². The van der Waals surface area contributed by atoms with Gasteiger partial charge in [0.25, 0.3) is 0 Å². The molecule has 3 heterocycles. The molecule has 1 N–H and O–H groups in total. The van der Waals surface area contributed by atoms with E-state index in [1.54, 1.807) is 41.9 Å². The van der Waals surface area contributed by atoms with Crippen molar-refractivity contribution in [2.45, 2.75) is 6.10 Å². The van der Waals surface area contributed by atoms with E-state index in [1.165, 1.54) is 17.4 Å². The number of aliphatic hydroxyl groups is 1. The van der Waals surface area contributed by atoms with E-state index in [9.17, 15) is 9.50 Å². The van der Waals surface area contributed by atoms with Crippen molar-refractivity contribution in [3.8, 4) is 21.6 Å². The highest BCUT2D eigenvalue weighted by molar-refractivity contribution is 7.15. The number of thiophene rings is 2. The van der Waals surface area contributed by atoms with Gasteiger partial charge in [0, 0.05) is 50.1 Å². The second kappa shape index (κ2) is 7.29. The number of halogens is 2. The highest BCUT2D eigenvalue weighted by atomic mass is 35.5. The van der Waals surface area contributed by atoms with E-state index in [2.05, 4.69) is 4.98 Å². The third-order valence-electron chi connectivity index (χ3n) is 4.11. The molecule has 0 saturated heterocycles. The summed E-state index contributed by atoms with van der Waals surface area (Å²) in [6.45, 7) is 0. The fourth-order valence-electron chi connectivity index (χ4n) is 2.88. The number of hydrogen-bond acceptors (Lipinski definition) is 4. The summed E-state index contributed by atoms with van der Waals surface area (Å²) in [7, 11) is 0. The molecule has 1 atom stereocenters. The van der Waals surface area contributed by atoms with Gasteiger partial charge in [0.15, 0.2) is 0 Å². The van der Waals surface area contributed by atoms with Crippen LogP contribution in [0.25, 0.3) is 21.6 Å². The largest absolute Gasteiger partial charge is 0.384 e. The van der Waals surface area contributed by atoms with Crippen molar-refractivity contribution >= 4 is 34.3 Å². The summed E-state index contributed by atoms with van der Waals surface area (Å²) in [4.78, 5) is 5.02. The molecule has 2 nitrogen and oxygen atoms in total. The molecule has 0 saturated carbocycles. The van der Waals surface area contributed by atoms with E-state index in [0.29, 0.717) is 27.3 Å². The van der Waals surface area contributed by atoms with Crippen molar-refractivity contribution in [1.29, 1.82) is 0 Å². The van der Waals surface area contributed by atoms with Crippen LogP contribution in [0.2, 0.25) is 5.02 Å². The summed E-state index contributed by atoms with van der Waals surface area (Å²) in [6.07, 6.45) is 2.38. The number of pyridine rings is 1. The van der Waals surface area contributed by atoms with Gasteiger partial charge in [-0.2, -0.15) is 11.3 Å². The Bertz CT molecular complexity index is 1030. The molecule has 6 heteroatoms. The zero-order valence-electron chi connectivity index (χ0n) is 13.4. The lowest BCUT2D eigenvalue weighted by Crippen LogP contribution is -2.02. The lowest BCUT2D eigenvalue weighted by Gasteiger charge is -2.15. The molecule has 0 radical (unpaired) electrons. The Morgan fingerprint density at radius 1 is 1.12 bits per heavy atom. The van der Waals surface area contributed by atoms with Crippen LogP contribution < -0.4 is 0 Å². The Balaban J connectivity index is 1.93. The van der Waals surface area contributed by atoms with Crippen LogP contribution in [0.4, 0.5) is 4.39 Å². The molecule has 1 unspecified atom stereocenters. The molecule has 0 aliphatic rings. The van der Waals surface area contributed by atoms with Crippen molar-refractivity contribution in [1.82, 2.24) is 4.98 Å². The van der Waals surface area contributed by atoms with Crippen molar-refractivity contribution in [2.24, 2.45) is 0 Å². The maximum Gasteiger partial charge on any atom is 0.132 e. The van der Waals surface area contributed by atoms with Crippen LogP contribution in [-0.4, -0.2) is 10.1 Å². The second-order valence-corrected chi connectivity index (χ2v) is 7.81. The van der Waals surface area contributed by atoms with E-state index >= 15 is 0 Å². The van der Waals surface area contributed by atoms with E-state index in [4.69, 9.17) is 11.6 Å². The normalized spacial score (nSPS) is 12.3. The fourth-order valence-corrected chi connectivity index (χ4v) is 4.86. The topological polar surface area (TPSA) is 33.1 Å². The number of hydrogen-bond donors (Lipinski definition) is 1. The molecule has 130 valence electrons. The average molecular weight is 402 g/mol. The molecule has 0 bridgehead atoms. The van der Waals surface area contributed by atoms with Crippen LogP contribution in [0.5, 0.6) is 0 Å². The number of benzene rings is 1. The van der Waals surface area contributed by atoms with Gasteiger partial charge in [-0.15, -0.1) is 11.3 Å². The Morgan fingerprint density at radius 2 is 2.00 bits per heavy atom. The molecule has 4 aromatic rings. The first-order valence-electron chi connectivity index (χ1n) is 7.82. The first-order chi connectivity index (χ1) is 12.6. The minimum atomic E-state index is -0.907. The molecular formula is C20H13ClFNOS2. The van der Waals surface area contributed by atoms with Gasteiger partial charge in [-0.25, -0.2) is 4.39 Å². The maximum absolute atomic E-state index is 14.6. The Labute approximate surface area is 163 Å². The minimum absolute atomic E-state index is 0.342. The summed E-state index contributed by atoms with van der Waals surface area (Å²) in [6, 6.07) is 10.2. The van der Waals surface area contributed by atoms with Gasteiger partial charge in [0.2, 0.25) is 0 Å². The summed E-state index contributed by atoms with van der Waals surface area (Å²) in [5, 5.41) is 17.3. The zero-order valence-corrected chi connectivity index (χ0v) is 15.8. The molecule has 0 spiro atoms. The third kappa shape index (κ3) is 3.19. The van der Waals surface area contributed by atoms with Gasteiger partial charge in [-0.3, -0.25) is 4.98 Å². The van der Waals surface area contributed by atoms with Crippen LogP contribution in [-0.2, 0) is 0 Å². The predicted octanol–water partition coefficient (Wildman–Crippen LogP) is 6.41. The monoisotopic (exact) mass is 401 g/mol. The number of aromatic nitrogens is 1.